The van der Waals surface area contributed by atoms with Crippen LogP contribution < -0.4 is 0 Å². The van der Waals surface area contributed by atoms with Crippen molar-refractivity contribution in [1.29, 1.82) is 0 Å². The number of ether oxygens (including phenoxy) is 2. The third kappa shape index (κ3) is 3.67. The van der Waals surface area contributed by atoms with E-state index in [1.807, 2.05) is 0 Å². The van der Waals surface area contributed by atoms with E-state index < -0.39 is 43.4 Å². The molecule has 0 aromatic rings. The third-order valence-electron chi connectivity index (χ3n) is 7.39. The Morgan fingerprint density at radius 2 is 1.86 bits per heavy atom. The van der Waals surface area contributed by atoms with E-state index in [4.69, 9.17) is 9.47 Å². The fourth-order valence-corrected chi connectivity index (χ4v) is 5.49. The van der Waals surface area contributed by atoms with Gasteiger partial charge in [-0.3, -0.25) is 0 Å². The molecule has 1 heterocycles. The lowest BCUT2D eigenvalue weighted by atomic mass is 9.54. The van der Waals surface area contributed by atoms with Gasteiger partial charge in [0.15, 0.2) is 6.29 Å². The summed E-state index contributed by atoms with van der Waals surface area (Å²) in [5, 5.41) is 50.8. The van der Waals surface area contributed by atoms with E-state index in [2.05, 4.69) is 33.8 Å². The normalized spacial score (nSPS) is 49.6. The molecule has 5 N–H and O–H groups in total. The highest BCUT2D eigenvalue weighted by Crippen LogP contribution is 2.54. The lowest BCUT2D eigenvalue weighted by molar-refractivity contribution is -0.326. The Labute approximate surface area is 167 Å². The van der Waals surface area contributed by atoms with Crippen molar-refractivity contribution in [2.75, 3.05) is 6.61 Å². The van der Waals surface area contributed by atoms with Crippen LogP contribution in [0.5, 0.6) is 0 Å². The van der Waals surface area contributed by atoms with E-state index in [1.54, 1.807) is 0 Å². The molecule has 3 aliphatic rings. The molecule has 28 heavy (non-hydrogen) atoms. The second-order valence-electron chi connectivity index (χ2n) is 9.43. The molecule has 10 atom stereocenters. The molecule has 7 heteroatoms. The molecule has 162 valence electrons. The smallest absolute Gasteiger partial charge is 0.187 e. The van der Waals surface area contributed by atoms with Crippen molar-refractivity contribution in [3.05, 3.63) is 11.6 Å². The highest BCUT2D eigenvalue weighted by Gasteiger charge is 2.55. The van der Waals surface area contributed by atoms with Crippen LogP contribution in [0.4, 0.5) is 0 Å². The summed E-state index contributed by atoms with van der Waals surface area (Å²) < 4.78 is 11.9. The zero-order valence-corrected chi connectivity index (χ0v) is 17.2. The predicted octanol–water partition coefficient (Wildman–Crippen LogP) is 0.571. The molecule has 1 saturated heterocycles. The van der Waals surface area contributed by atoms with E-state index in [0.717, 1.165) is 18.4 Å². The van der Waals surface area contributed by atoms with Crippen LogP contribution >= 0.6 is 0 Å². The van der Waals surface area contributed by atoms with Crippen LogP contribution in [0.15, 0.2) is 11.6 Å². The maximum absolute atomic E-state index is 10.8. The van der Waals surface area contributed by atoms with Crippen molar-refractivity contribution < 1.29 is 35.0 Å². The van der Waals surface area contributed by atoms with Gasteiger partial charge in [-0.2, -0.15) is 0 Å². The number of hydrogen-bond acceptors (Lipinski definition) is 7. The van der Waals surface area contributed by atoms with Crippen LogP contribution in [0, 0.1) is 23.2 Å². The predicted molar refractivity (Wildman–Crippen MR) is 102 cm³/mol. The van der Waals surface area contributed by atoms with E-state index in [-0.39, 0.29) is 23.4 Å². The Bertz CT molecular complexity index is 577. The lowest BCUT2D eigenvalue weighted by Gasteiger charge is -2.55. The molecule has 7 nitrogen and oxygen atoms in total. The summed E-state index contributed by atoms with van der Waals surface area (Å²) in [6.45, 7) is 7.94. The van der Waals surface area contributed by atoms with Crippen LogP contribution in [0.2, 0.25) is 0 Å². The fraction of sp³-hybridized carbons (Fsp3) is 0.905. The van der Waals surface area contributed by atoms with Gasteiger partial charge in [-0.15, -0.1) is 0 Å². The van der Waals surface area contributed by atoms with Crippen molar-refractivity contribution in [2.45, 2.75) is 89.9 Å². The van der Waals surface area contributed by atoms with Crippen molar-refractivity contribution in [3.8, 4) is 0 Å². The zero-order valence-electron chi connectivity index (χ0n) is 17.2. The number of rotatable bonds is 4. The molecule has 0 spiro atoms. The fourth-order valence-electron chi connectivity index (χ4n) is 5.49. The lowest BCUT2D eigenvalue weighted by Crippen LogP contribution is -2.62. The first-order chi connectivity index (χ1) is 13.1. The first-order valence-corrected chi connectivity index (χ1v) is 10.4. The second-order valence-corrected chi connectivity index (χ2v) is 9.43. The van der Waals surface area contributed by atoms with Crippen molar-refractivity contribution >= 4 is 0 Å². The van der Waals surface area contributed by atoms with Gasteiger partial charge in [-0.1, -0.05) is 32.4 Å². The highest BCUT2D eigenvalue weighted by molar-refractivity contribution is 5.20. The largest absolute Gasteiger partial charge is 0.394 e. The first-order valence-electron chi connectivity index (χ1n) is 10.4. The molecule has 0 unspecified atom stereocenters. The molecule has 0 aromatic heterocycles. The van der Waals surface area contributed by atoms with Gasteiger partial charge in [-0.25, -0.2) is 0 Å². The van der Waals surface area contributed by atoms with Gasteiger partial charge in [0.1, 0.15) is 24.4 Å². The molecule has 0 radical (unpaired) electrons. The van der Waals surface area contributed by atoms with Gasteiger partial charge in [0.05, 0.1) is 18.8 Å². The molecule has 0 amide bonds. The monoisotopic (exact) mass is 400 g/mol. The zero-order chi connectivity index (χ0) is 20.8. The number of fused-ring (bicyclic) bond motifs is 1. The van der Waals surface area contributed by atoms with E-state index >= 15 is 0 Å². The van der Waals surface area contributed by atoms with Crippen LogP contribution in [-0.2, 0) is 9.47 Å². The third-order valence-corrected chi connectivity index (χ3v) is 7.39. The van der Waals surface area contributed by atoms with Crippen molar-refractivity contribution in [2.24, 2.45) is 23.2 Å². The average molecular weight is 401 g/mol. The minimum Gasteiger partial charge on any atom is -0.394 e. The Morgan fingerprint density at radius 1 is 1.18 bits per heavy atom. The van der Waals surface area contributed by atoms with Gasteiger partial charge in [0.25, 0.3) is 0 Å². The average Bonchev–Trinajstić information content (AvgIpc) is 2.65. The molecule has 2 fully saturated rings. The summed E-state index contributed by atoms with van der Waals surface area (Å²) in [7, 11) is 0. The summed E-state index contributed by atoms with van der Waals surface area (Å²) in [6, 6.07) is 0. The Balaban J connectivity index is 1.91. The second kappa shape index (κ2) is 8.30. The summed E-state index contributed by atoms with van der Waals surface area (Å²) in [6.07, 6.45) is -2.76. The Kier molecular flexibility index (Phi) is 6.57. The SMILES string of the molecule is CC1=CC[C@@H](O)[C@]2(C)CC[C@@H](C(C)C)[C@@H](O[C@@H]3O[C@@H](CO)[C@@H](O)[C@H](O)[C@@H]3O)[C@H]12. The Hall–Kier alpha value is -0.540. The molecular weight excluding hydrogens is 364 g/mol. The molecule has 2 aliphatic carbocycles. The van der Waals surface area contributed by atoms with Crippen molar-refractivity contribution in [3.63, 3.8) is 0 Å². The van der Waals surface area contributed by atoms with Gasteiger partial charge >= 0.3 is 0 Å². The van der Waals surface area contributed by atoms with E-state index in [9.17, 15) is 25.5 Å². The molecule has 3 rings (SSSR count). The molecule has 0 bridgehead atoms. The van der Waals surface area contributed by atoms with Crippen LogP contribution in [0.25, 0.3) is 0 Å². The first kappa shape index (κ1) is 22.2. The highest BCUT2D eigenvalue weighted by atomic mass is 16.7. The molecule has 0 aromatic carbocycles. The van der Waals surface area contributed by atoms with Crippen LogP contribution in [0.1, 0.15) is 47.0 Å². The van der Waals surface area contributed by atoms with Crippen molar-refractivity contribution in [1.82, 2.24) is 0 Å². The van der Waals surface area contributed by atoms with Gasteiger partial charge in [0.2, 0.25) is 0 Å². The number of aliphatic hydroxyl groups is 5. The molecule has 1 aliphatic heterocycles. The molecular formula is C21H36O7. The van der Waals surface area contributed by atoms with Gasteiger partial charge < -0.3 is 35.0 Å². The van der Waals surface area contributed by atoms with Gasteiger partial charge in [0, 0.05) is 11.3 Å². The van der Waals surface area contributed by atoms with Gasteiger partial charge in [-0.05, 0) is 38.0 Å². The summed E-state index contributed by atoms with van der Waals surface area (Å²) in [5.74, 6) is 0.482. The minimum atomic E-state index is -1.46. The Morgan fingerprint density at radius 3 is 2.46 bits per heavy atom. The standard InChI is InChI=1S/C21H36O7/c1-10(2)12-7-8-21(4)14(23)6-5-11(3)15(21)19(12)28-20-18(26)17(25)16(24)13(9-22)27-20/h5,10,12-20,22-26H,6-9H2,1-4H3/t12-,13-,14+,15-,16+,17-,18-,19+,20-,21-/m0/s1. The summed E-state index contributed by atoms with van der Waals surface area (Å²) in [5.41, 5.74) is 0.830. The number of hydrogen-bond donors (Lipinski definition) is 5. The maximum Gasteiger partial charge on any atom is 0.187 e. The molecule has 1 saturated carbocycles. The maximum atomic E-state index is 10.8. The van der Waals surface area contributed by atoms with E-state index in [1.165, 1.54) is 0 Å². The van der Waals surface area contributed by atoms with Crippen LogP contribution in [0.3, 0.4) is 0 Å². The topological polar surface area (TPSA) is 120 Å². The van der Waals surface area contributed by atoms with E-state index in [0.29, 0.717) is 12.3 Å². The summed E-state index contributed by atoms with van der Waals surface area (Å²) >= 11 is 0. The minimum absolute atomic E-state index is 0.0373. The number of aliphatic hydroxyl groups excluding tert-OH is 5. The quantitative estimate of drug-likeness (QED) is 0.438. The summed E-state index contributed by atoms with van der Waals surface area (Å²) in [4.78, 5) is 0. The van der Waals surface area contributed by atoms with Crippen LogP contribution in [-0.4, -0.2) is 75.1 Å².